The number of carboxylic acids is 1. The van der Waals surface area contributed by atoms with Gasteiger partial charge in [-0.25, -0.2) is 9.78 Å². The maximum atomic E-state index is 10.5. The van der Waals surface area contributed by atoms with E-state index in [9.17, 15) is 9.90 Å². The van der Waals surface area contributed by atoms with Crippen LogP contribution in [-0.4, -0.2) is 34.3 Å². The highest BCUT2D eigenvalue weighted by atomic mass is 16.4. The van der Waals surface area contributed by atoms with Crippen LogP contribution >= 0.6 is 0 Å². The second-order valence-corrected chi connectivity index (χ2v) is 3.37. The van der Waals surface area contributed by atoms with Crippen molar-refractivity contribution in [2.45, 2.75) is 5.60 Å². The summed E-state index contributed by atoms with van der Waals surface area (Å²) in [5, 5.41) is 21.4. The maximum Gasteiger partial charge on any atom is 0.354 e. The van der Waals surface area contributed by atoms with E-state index in [0.717, 1.165) is 0 Å². The molecule has 2 rings (SSSR count). The van der Waals surface area contributed by atoms with E-state index in [1.807, 2.05) is 0 Å². The molecule has 0 radical (unpaired) electrons. The third-order valence-electron chi connectivity index (χ3n) is 2.35. The molecule has 0 amide bonds. The van der Waals surface area contributed by atoms with E-state index in [-0.39, 0.29) is 5.69 Å². The van der Waals surface area contributed by atoms with E-state index < -0.39 is 11.6 Å². The molecule has 1 saturated heterocycles. The summed E-state index contributed by atoms with van der Waals surface area (Å²) >= 11 is 0. The van der Waals surface area contributed by atoms with Crippen molar-refractivity contribution in [1.82, 2.24) is 10.3 Å². The zero-order valence-electron chi connectivity index (χ0n) is 7.40. The fourth-order valence-electron chi connectivity index (χ4n) is 1.36. The summed E-state index contributed by atoms with van der Waals surface area (Å²) in [6.45, 7) is 0.974. The average Bonchev–Trinajstić information content (AvgIpc) is 2.14. The van der Waals surface area contributed by atoms with Crippen LogP contribution in [0.5, 0.6) is 0 Å². The molecule has 0 aromatic carbocycles. The number of rotatable bonds is 2. The van der Waals surface area contributed by atoms with Crippen LogP contribution < -0.4 is 5.32 Å². The summed E-state index contributed by atoms with van der Waals surface area (Å²) < 4.78 is 0. The molecule has 2 heterocycles. The van der Waals surface area contributed by atoms with Gasteiger partial charge in [-0.05, 0) is 6.07 Å². The first-order valence-electron chi connectivity index (χ1n) is 4.25. The zero-order valence-corrected chi connectivity index (χ0v) is 7.40. The Morgan fingerprint density at radius 3 is 2.57 bits per heavy atom. The average molecular weight is 194 g/mol. The molecule has 5 heteroatoms. The van der Waals surface area contributed by atoms with Crippen LogP contribution in [-0.2, 0) is 5.60 Å². The molecule has 1 aromatic rings. The van der Waals surface area contributed by atoms with Crippen molar-refractivity contribution in [3.8, 4) is 0 Å². The number of aliphatic hydroxyl groups is 1. The van der Waals surface area contributed by atoms with Crippen LogP contribution in [0.1, 0.15) is 16.1 Å². The third-order valence-corrected chi connectivity index (χ3v) is 2.35. The van der Waals surface area contributed by atoms with Gasteiger partial charge >= 0.3 is 5.97 Å². The minimum Gasteiger partial charge on any atom is -0.477 e. The number of nitrogens with one attached hydrogen (secondary N) is 1. The molecule has 0 spiro atoms. The Bertz CT molecular complexity index is 357. The molecular formula is C9H10N2O3. The van der Waals surface area contributed by atoms with Crippen LogP contribution in [0.15, 0.2) is 18.3 Å². The predicted molar refractivity (Wildman–Crippen MR) is 48.0 cm³/mol. The van der Waals surface area contributed by atoms with Crippen LogP contribution in [0.4, 0.5) is 0 Å². The predicted octanol–water partition coefficient (Wildman–Crippen LogP) is -0.429. The number of hydrogen-bond donors (Lipinski definition) is 3. The molecule has 3 N–H and O–H groups in total. The lowest BCUT2D eigenvalue weighted by molar-refractivity contribution is -0.0150. The molecule has 1 aliphatic rings. The summed E-state index contributed by atoms with van der Waals surface area (Å²) in [4.78, 5) is 14.2. The van der Waals surface area contributed by atoms with Crippen molar-refractivity contribution in [2.75, 3.05) is 13.1 Å². The molecule has 1 aromatic heterocycles. The second-order valence-electron chi connectivity index (χ2n) is 3.37. The number of carboxylic acid groups (broad SMARTS) is 1. The van der Waals surface area contributed by atoms with Gasteiger partial charge in [0.2, 0.25) is 0 Å². The highest BCUT2D eigenvalue weighted by Gasteiger charge is 2.36. The maximum absolute atomic E-state index is 10.5. The molecule has 1 aliphatic heterocycles. The lowest BCUT2D eigenvalue weighted by Crippen LogP contribution is -2.56. The summed E-state index contributed by atoms with van der Waals surface area (Å²) in [6, 6.07) is 2.99. The first-order valence-corrected chi connectivity index (χ1v) is 4.25. The SMILES string of the molecule is O=C(O)c1ccc(C2(O)CNC2)cn1. The molecule has 5 nitrogen and oxygen atoms in total. The Labute approximate surface area is 80.4 Å². The molecule has 0 atom stereocenters. The number of carbonyl (C=O) groups is 1. The van der Waals surface area contributed by atoms with Crippen molar-refractivity contribution in [2.24, 2.45) is 0 Å². The lowest BCUT2D eigenvalue weighted by Gasteiger charge is -2.37. The Morgan fingerprint density at radius 1 is 1.50 bits per heavy atom. The number of pyridine rings is 1. The van der Waals surface area contributed by atoms with Gasteiger partial charge in [-0.3, -0.25) is 0 Å². The fraction of sp³-hybridized carbons (Fsp3) is 0.333. The van der Waals surface area contributed by atoms with Crippen LogP contribution in [0.25, 0.3) is 0 Å². The van der Waals surface area contributed by atoms with Gasteiger partial charge in [0, 0.05) is 24.8 Å². The highest BCUT2D eigenvalue weighted by molar-refractivity contribution is 5.85. The van der Waals surface area contributed by atoms with Gasteiger partial charge in [0.15, 0.2) is 0 Å². The molecule has 0 saturated carbocycles. The molecule has 74 valence electrons. The summed E-state index contributed by atoms with van der Waals surface area (Å²) in [6.07, 6.45) is 1.41. The normalized spacial score (nSPS) is 18.6. The van der Waals surface area contributed by atoms with Gasteiger partial charge in [0.05, 0.1) is 0 Å². The summed E-state index contributed by atoms with van der Waals surface area (Å²) in [5.41, 5.74) is -0.227. The standard InChI is InChI=1S/C9H10N2O3/c12-8(13)7-2-1-6(3-11-7)9(14)4-10-5-9/h1-3,10,14H,4-5H2,(H,12,13). The van der Waals surface area contributed by atoms with Crippen molar-refractivity contribution >= 4 is 5.97 Å². The number of β-amino-alcohol motifs (C(OH)–C–C–N with tert-alkyl or cyclic N) is 1. The zero-order chi connectivity index (χ0) is 10.2. The van der Waals surface area contributed by atoms with E-state index >= 15 is 0 Å². The van der Waals surface area contributed by atoms with Crippen molar-refractivity contribution in [1.29, 1.82) is 0 Å². The first kappa shape index (κ1) is 9.11. The van der Waals surface area contributed by atoms with Crippen molar-refractivity contribution in [3.05, 3.63) is 29.6 Å². The third kappa shape index (κ3) is 1.36. The highest BCUT2D eigenvalue weighted by Crippen LogP contribution is 2.24. The van der Waals surface area contributed by atoms with Gasteiger partial charge in [-0.1, -0.05) is 6.07 Å². The number of hydrogen-bond acceptors (Lipinski definition) is 4. The molecule has 0 unspecified atom stereocenters. The van der Waals surface area contributed by atoms with E-state index in [4.69, 9.17) is 5.11 Å². The lowest BCUT2D eigenvalue weighted by atomic mass is 9.89. The largest absolute Gasteiger partial charge is 0.477 e. The first-order chi connectivity index (χ1) is 6.62. The Morgan fingerprint density at radius 2 is 2.21 bits per heavy atom. The molecule has 1 fully saturated rings. The fourth-order valence-corrected chi connectivity index (χ4v) is 1.36. The van der Waals surface area contributed by atoms with Gasteiger partial charge in [-0.15, -0.1) is 0 Å². The van der Waals surface area contributed by atoms with Crippen LogP contribution in [0.3, 0.4) is 0 Å². The van der Waals surface area contributed by atoms with E-state index in [1.165, 1.54) is 12.3 Å². The van der Waals surface area contributed by atoms with Crippen LogP contribution in [0.2, 0.25) is 0 Å². The Balaban J connectivity index is 2.25. The number of aromatic nitrogens is 1. The summed E-state index contributed by atoms with van der Waals surface area (Å²) in [5.74, 6) is -1.06. The van der Waals surface area contributed by atoms with Gasteiger partial charge in [0.25, 0.3) is 0 Å². The van der Waals surface area contributed by atoms with Crippen molar-refractivity contribution < 1.29 is 15.0 Å². The number of nitrogens with zero attached hydrogens (tertiary/aromatic N) is 1. The van der Waals surface area contributed by atoms with E-state index in [0.29, 0.717) is 18.7 Å². The Hall–Kier alpha value is -1.46. The topological polar surface area (TPSA) is 82.5 Å². The molecular weight excluding hydrogens is 184 g/mol. The van der Waals surface area contributed by atoms with E-state index in [2.05, 4.69) is 10.3 Å². The van der Waals surface area contributed by atoms with Gasteiger partial charge in [-0.2, -0.15) is 0 Å². The minimum absolute atomic E-state index is 0.00960. The Kier molecular flexibility index (Phi) is 1.98. The second kappa shape index (κ2) is 3.04. The molecule has 0 aliphatic carbocycles. The smallest absolute Gasteiger partial charge is 0.354 e. The minimum atomic E-state index is -1.06. The van der Waals surface area contributed by atoms with E-state index in [1.54, 1.807) is 6.07 Å². The van der Waals surface area contributed by atoms with Gasteiger partial charge in [0.1, 0.15) is 11.3 Å². The molecule has 0 bridgehead atoms. The molecule has 14 heavy (non-hydrogen) atoms. The number of aromatic carboxylic acids is 1. The van der Waals surface area contributed by atoms with Crippen LogP contribution in [0, 0.1) is 0 Å². The van der Waals surface area contributed by atoms with Crippen molar-refractivity contribution in [3.63, 3.8) is 0 Å². The monoisotopic (exact) mass is 194 g/mol. The summed E-state index contributed by atoms with van der Waals surface area (Å²) in [7, 11) is 0. The van der Waals surface area contributed by atoms with Gasteiger partial charge < -0.3 is 15.5 Å². The quantitative estimate of drug-likeness (QED) is 0.595.